The lowest BCUT2D eigenvalue weighted by Crippen LogP contribution is -2.25. The summed E-state index contributed by atoms with van der Waals surface area (Å²) in [6, 6.07) is 8.89. The molecule has 0 fully saturated rings. The maximum Gasteiger partial charge on any atom is 0.273 e. The van der Waals surface area contributed by atoms with Crippen LogP contribution in [0.2, 0.25) is 0 Å². The Labute approximate surface area is 191 Å². The van der Waals surface area contributed by atoms with E-state index in [0.29, 0.717) is 35.3 Å². The number of carbonyl (C=O) groups is 2. The summed E-state index contributed by atoms with van der Waals surface area (Å²) in [5, 5.41) is 27.6. The van der Waals surface area contributed by atoms with Gasteiger partial charge in [-0.05, 0) is 38.8 Å². The smallest absolute Gasteiger partial charge is 0.273 e. The molecule has 2 aromatic carbocycles. The van der Waals surface area contributed by atoms with Crippen LogP contribution in [0.25, 0.3) is 0 Å². The van der Waals surface area contributed by atoms with Crippen LogP contribution in [0.4, 0.5) is 11.4 Å². The molecule has 0 aliphatic carbocycles. The van der Waals surface area contributed by atoms with Crippen LogP contribution in [0.3, 0.4) is 0 Å². The fourth-order valence-corrected chi connectivity index (χ4v) is 3.51. The standard InChI is InChI=1S/C23H28N4O6/c1-16-18(10-8-12-20(16)26(30)31)22(28)24-14-6-4-3-5-7-15-25-23(29)19-11-9-13-21(17(19)2)27(32)33/h8-13H,3-7,14-15H2,1-2H3,(H,24,28)(H,25,29). The molecule has 2 N–H and O–H groups in total. The fraction of sp³-hybridized carbons (Fsp3) is 0.391. The van der Waals surface area contributed by atoms with Crippen LogP contribution in [0.1, 0.15) is 63.9 Å². The van der Waals surface area contributed by atoms with Crippen molar-refractivity contribution in [3.63, 3.8) is 0 Å². The van der Waals surface area contributed by atoms with Gasteiger partial charge in [0.2, 0.25) is 0 Å². The quantitative estimate of drug-likeness (QED) is 0.278. The third kappa shape index (κ3) is 7.09. The van der Waals surface area contributed by atoms with E-state index in [0.717, 1.165) is 32.1 Å². The van der Waals surface area contributed by atoms with Gasteiger partial charge >= 0.3 is 0 Å². The van der Waals surface area contributed by atoms with Gasteiger partial charge in [0.05, 0.1) is 9.85 Å². The normalized spacial score (nSPS) is 10.5. The third-order valence-corrected chi connectivity index (χ3v) is 5.42. The fourth-order valence-electron chi connectivity index (χ4n) is 3.51. The van der Waals surface area contributed by atoms with Gasteiger partial charge in [0, 0.05) is 47.5 Å². The van der Waals surface area contributed by atoms with E-state index >= 15 is 0 Å². The molecule has 10 nitrogen and oxygen atoms in total. The Morgan fingerprint density at radius 1 is 0.697 bits per heavy atom. The van der Waals surface area contributed by atoms with E-state index in [2.05, 4.69) is 10.6 Å². The monoisotopic (exact) mass is 456 g/mol. The highest BCUT2D eigenvalue weighted by Gasteiger charge is 2.18. The summed E-state index contributed by atoms with van der Waals surface area (Å²) in [6.07, 6.45) is 4.27. The molecule has 0 bridgehead atoms. The van der Waals surface area contributed by atoms with Crippen molar-refractivity contribution < 1.29 is 19.4 Å². The Kier molecular flexibility index (Phi) is 9.46. The molecular weight excluding hydrogens is 428 g/mol. The van der Waals surface area contributed by atoms with Crippen LogP contribution < -0.4 is 10.6 Å². The molecule has 176 valence electrons. The number of nitrogens with zero attached hydrogens (tertiary/aromatic N) is 2. The number of hydrogen-bond donors (Lipinski definition) is 2. The molecule has 0 atom stereocenters. The van der Waals surface area contributed by atoms with Gasteiger partial charge < -0.3 is 10.6 Å². The van der Waals surface area contributed by atoms with Gasteiger partial charge in [0.25, 0.3) is 23.2 Å². The number of carbonyl (C=O) groups excluding carboxylic acids is 2. The van der Waals surface area contributed by atoms with E-state index in [-0.39, 0.29) is 23.2 Å². The van der Waals surface area contributed by atoms with E-state index in [1.54, 1.807) is 26.0 Å². The molecule has 0 spiro atoms. The molecule has 2 amide bonds. The van der Waals surface area contributed by atoms with Crippen LogP contribution in [-0.4, -0.2) is 34.8 Å². The zero-order chi connectivity index (χ0) is 24.4. The van der Waals surface area contributed by atoms with Crippen molar-refractivity contribution in [3.8, 4) is 0 Å². The second-order valence-electron chi connectivity index (χ2n) is 7.69. The number of hydrogen-bond acceptors (Lipinski definition) is 6. The Morgan fingerprint density at radius 3 is 1.42 bits per heavy atom. The van der Waals surface area contributed by atoms with E-state index in [4.69, 9.17) is 0 Å². The molecule has 0 saturated carbocycles. The molecule has 0 aliphatic heterocycles. The van der Waals surface area contributed by atoms with Crippen molar-refractivity contribution in [1.82, 2.24) is 10.6 Å². The summed E-state index contributed by atoms with van der Waals surface area (Å²) >= 11 is 0. The Bertz CT molecular complexity index is 956. The summed E-state index contributed by atoms with van der Waals surface area (Å²) in [4.78, 5) is 45.5. The Morgan fingerprint density at radius 2 is 1.06 bits per heavy atom. The van der Waals surface area contributed by atoms with Crippen molar-refractivity contribution in [2.45, 2.75) is 46.0 Å². The summed E-state index contributed by atoms with van der Waals surface area (Å²) in [6.45, 7) is 4.08. The topological polar surface area (TPSA) is 144 Å². The molecule has 0 heterocycles. The Hall–Kier alpha value is -3.82. The minimum Gasteiger partial charge on any atom is -0.352 e. The average Bonchev–Trinajstić information content (AvgIpc) is 2.77. The lowest BCUT2D eigenvalue weighted by atomic mass is 10.1. The SMILES string of the molecule is Cc1c(C(=O)NCCCCCCCNC(=O)c2cccc([N+](=O)[O-])c2C)cccc1[N+](=O)[O-]. The molecular formula is C23H28N4O6. The highest BCUT2D eigenvalue weighted by Crippen LogP contribution is 2.22. The minimum atomic E-state index is -0.501. The maximum atomic E-state index is 12.3. The van der Waals surface area contributed by atoms with Crippen molar-refractivity contribution in [1.29, 1.82) is 0 Å². The van der Waals surface area contributed by atoms with Crippen molar-refractivity contribution >= 4 is 23.2 Å². The maximum absolute atomic E-state index is 12.3. The number of unbranched alkanes of at least 4 members (excludes halogenated alkanes) is 4. The second kappa shape index (κ2) is 12.3. The molecule has 0 aromatic heterocycles. The number of nitro groups is 2. The Balaban J connectivity index is 1.63. The largest absolute Gasteiger partial charge is 0.352 e. The summed E-state index contributed by atoms with van der Waals surface area (Å²) in [5.74, 6) is -0.647. The van der Waals surface area contributed by atoms with Gasteiger partial charge in [0.15, 0.2) is 0 Å². The molecule has 0 aliphatic rings. The van der Waals surface area contributed by atoms with E-state index in [9.17, 15) is 29.8 Å². The van der Waals surface area contributed by atoms with Crippen LogP contribution >= 0.6 is 0 Å². The lowest BCUT2D eigenvalue weighted by molar-refractivity contribution is -0.385. The number of amides is 2. The third-order valence-electron chi connectivity index (χ3n) is 5.42. The van der Waals surface area contributed by atoms with Crippen molar-refractivity contribution in [2.24, 2.45) is 0 Å². The zero-order valence-corrected chi connectivity index (χ0v) is 18.8. The second-order valence-corrected chi connectivity index (χ2v) is 7.69. The molecule has 2 aromatic rings. The van der Waals surface area contributed by atoms with E-state index in [1.807, 2.05) is 0 Å². The van der Waals surface area contributed by atoms with Crippen molar-refractivity contribution in [2.75, 3.05) is 13.1 Å². The predicted octanol–water partition coefficient (Wildman–Crippen LogP) is 4.23. The lowest BCUT2D eigenvalue weighted by Gasteiger charge is -2.09. The molecule has 2 rings (SSSR count). The first-order chi connectivity index (χ1) is 15.7. The minimum absolute atomic E-state index is 0.0737. The van der Waals surface area contributed by atoms with E-state index in [1.165, 1.54) is 24.3 Å². The van der Waals surface area contributed by atoms with Crippen LogP contribution in [0.5, 0.6) is 0 Å². The first-order valence-electron chi connectivity index (χ1n) is 10.8. The molecule has 33 heavy (non-hydrogen) atoms. The van der Waals surface area contributed by atoms with Gasteiger partial charge in [-0.1, -0.05) is 31.4 Å². The van der Waals surface area contributed by atoms with Gasteiger partial charge in [-0.15, -0.1) is 0 Å². The average molecular weight is 456 g/mol. The predicted molar refractivity (Wildman–Crippen MR) is 123 cm³/mol. The summed E-state index contributed by atoms with van der Waals surface area (Å²) in [7, 11) is 0. The van der Waals surface area contributed by atoms with Crippen molar-refractivity contribution in [3.05, 3.63) is 78.9 Å². The van der Waals surface area contributed by atoms with Crippen LogP contribution in [-0.2, 0) is 0 Å². The number of rotatable bonds is 12. The molecule has 0 radical (unpaired) electrons. The zero-order valence-electron chi connectivity index (χ0n) is 18.8. The first kappa shape index (κ1) is 25.4. The van der Waals surface area contributed by atoms with Gasteiger partial charge in [-0.2, -0.15) is 0 Å². The summed E-state index contributed by atoms with van der Waals surface area (Å²) in [5.41, 5.74) is 1.16. The number of nitro benzene ring substituents is 2. The van der Waals surface area contributed by atoms with Crippen LogP contribution in [0.15, 0.2) is 36.4 Å². The van der Waals surface area contributed by atoms with E-state index < -0.39 is 9.85 Å². The number of benzene rings is 2. The molecule has 0 unspecified atom stereocenters. The van der Waals surface area contributed by atoms with Crippen LogP contribution in [0, 0.1) is 34.1 Å². The molecule has 0 saturated heterocycles. The van der Waals surface area contributed by atoms with Gasteiger partial charge in [0.1, 0.15) is 0 Å². The highest BCUT2D eigenvalue weighted by atomic mass is 16.6. The highest BCUT2D eigenvalue weighted by molar-refractivity contribution is 5.97. The first-order valence-corrected chi connectivity index (χ1v) is 10.8. The number of nitrogens with one attached hydrogen (secondary N) is 2. The molecule has 10 heteroatoms. The summed E-state index contributed by atoms with van der Waals surface area (Å²) < 4.78 is 0. The van der Waals surface area contributed by atoms with Gasteiger partial charge in [-0.3, -0.25) is 29.8 Å². The van der Waals surface area contributed by atoms with Gasteiger partial charge in [-0.25, -0.2) is 0 Å².